The molecule has 0 atom stereocenters. The summed E-state index contributed by atoms with van der Waals surface area (Å²) in [6.45, 7) is 11.5. The van der Waals surface area contributed by atoms with Gasteiger partial charge in [0.25, 0.3) is 0 Å². The molecule has 218 valence electrons. The van der Waals surface area contributed by atoms with E-state index < -0.39 is 5.92 Å². The Kier molecular flexibility index (Phi) is 7.84. The molecular formula is C34H39ClFNO4. The van der Waals surface area contributed by atoms with Gasteiger partial charge in [-0.1, -0.05) is 58.4 Å². The summed E-state index contributed by atoms with van der Waals surface area (Å²) in [5, 5.41) is 0.309. The van der Waals surface area contributed by atoms with Gasteiger partial charge in [-0.2, -0.15) is 0 Å². The highest BCUT2D eigenvalue weighted by atomic mass is 35.5. The summed E-state index contributed by atoms with van der Waals surface area (Å²) in [5.74, 6) is 0.0189. The molecule has 0 radical (unpaired) electrons. The highest BCUT2D eigenvalue weighted by molar-refractivity contribution is 6.32. The van der Waals surface area contributed by atoms with Crippen LogP contribution in [0.4, 0.5) is 4.39 Å². The van der Waals surface area contributed by atoms with E-state index in [0.29, 0.717) is 46.1 Å². The summed E-state index contributed by atoms with van der Waals surface area (Å²) in [6.07, 6.45) is 3.26. The van der Waals surface area contributed by atoms with Crippen molar-refractivity contribution >= 4 is 23.2 Å². The van der Waals surface area contributed by atoms with Crippen LogP contribution in [-0.4, -0.2) is 30.1 Å². The van der Waals surface area contributed by atoms with E-state index in [-0.39, 0.29) is 34.8 Å². The highest BCUT2D eigenvalue weighted by Gasteiger charge is 2.49. The first-order chi connectivity index (χ1) is 19.3. The molecular weight excluding hydrogens is 541 g/mol. The van der Waals surface area contributed by atoms with Crippen LogP contribution in [0.2, 0.25) is 5.02 Å². The van der Waals surface area contributed by atoms with Crippen molar-refractivity contribution in [2.45, 2.75) is 79.2 Å². The van der Waals surface area contributed by atoms with E-state index in [0.717, 1.165) is 42.8 Å². The van der Waals surface area contributed by atoms with Crippen LogP contribution in [0.15, 0.2) is 58.9 Å². The predicted octanol–water partition coefficient (Wildman–Crippen LogP) is 8.16. The number of hydrogen-bond acceptors (Lipinski definition) is 5. The summed E-state index contributed by atoms with van der Waals surface area (Å²) in [5.41, 5.74) is 4.51. The first-order valence-electron chi connectivity index (χ1n) is 14.4. The van der Waals surface area contributed by atoms with Crippen LogP contribution in [0, 0.1) is 16.6 Å². The highest BCUT2D eigenvalue weighted by Crippen LogP contribution is 2.55. The van der Waals surface area contributed by atoms with Crippen molar-refractivity contribution in [3.63, 3.8) is 0 Å². The molecule has 2 aromatic carbocycles. The number of Topliss-reactive ketones (excluding diaryl/α,β-unsaturated/α-hetero) is 2. The number of allylic oxidation sites excluding steroid dienone is 4. The maximum absolute atomic E-state index is 13.9. The molecule has 0 saturated heterocycles. The van der Waals surface area contributed by atoms with Gasteiger partial charge in [-0.25, -0.2) is 4.39 Å². The molecule has 5 nitrogen and oxygen atoms in total. The van der Waals surface area contributed by atoms with Crippen molar-refractivity contribution in [2.75, 3.05) is 13.7 Å². The molecule has 1 heterocycles. The lowest BCUT2D eigenvalue weighted by atomic mass is 9.63. The van der Waals surface area contributed by atoms with Gasteiger partial charge in [0.2, 0.25) is 0 Å². The Bertz CT molecular complexity index is 1420. The molecule has 1 aliphatic heterocycles. The third-order valence-electron chi connectivity index (χ3n) is 8.33. The van der Waals surface area contributed by atoms with Gasteiger partial charge >= 0.3 is 0 Å². The Hall–Kier alpha value is -3.12. The number of methoxy groups -OCH3 is 1. The zero-order valence-corrected chi connectivity index (χ0v) is 25.6. The third kappa shape index (κ3) is 5.68. The van der Waals surface area contributed by atoms with Crippen LogP contribution in [0.5, 0.6) is 11.5 Å². The second-order valence-corrected chi connectivity index (χ2v) is 13.5. The summed E-state index contributed by atoms with van der Waals surface area (Å²) in [6, 6.07) is 9.82. The number of benzene rings is 2. The Morgan fingerprint density at radius 1 is 0.951 bits per heavy atom. The monoisotopic (exact) mass is 579 g/mol. The summed E-state index contributed by atoms with van der Waals surface area (Å²) in [4.78, 5) is 30.2. The molecule has 0 N–H and O–H groups in total. The van der Waals surface area contributed by atoms with Crippen molar-refractivity contribution in [3.05, 3.63) is 80.9 Å². The van der Waals surface area contributed by atoms with E-state index in [1.165, 1.54) is 19.2 Å². The maximum atomic E-state index is 13.9. The van der Waals surface area contributed by atoms with Crippen LogP contribution >= 0.6 is 11.6 Å². The number of carbonyl (C=O) groups is 2. The minimum absolute atomic E-state index is 0.0769. The molecule has 0 aromatic heterocycles. The molecule has 0 bridgehead atoms. The van der Waals surface area contributed by atoms with Crippen LogP contribution in [0.3, 0.4) is 0 Å². The van der Waals surface area contributed by atoms with Gasteiger partial charge in [-0.15, -0.1) is 0 Å². The third-order valence-corrected chi connectivity index (χ3v) is 8.61. The van der Waals surface area contributed by atoms with E-state index in [1.807, 2.05) is 6.07 Å². The Morgan fingerprint density at radius 2 is 1.56 bits per heavy atom. The van der Waals surface area contributed by atoms with Gasteiger partial charge in [0.1, 0.15) is 12.4 Å². The van der Waals surface area contributed by atoms with Crippen molar-refractivity contribution in [3.8, 4) is 11.5 Å². The van der Waals surface area contributed by atoms with Crippen LogP contribution in [0.25, 0.3) is 0 Å². The van der Waals surface area contributed by atoms with E-state index in [1.54, 1.807) is 18.2 Å². The number of rotatable bonds is 7. The maximum Gasteiger partial charge on any atom is 0.180 e. The fraction of sp³-hybridized carbons (Fsp3) is 0.471. The molecule has 7 heteroatoms. The zero-order chi connectivity index (χ0) is 29.7. The minimum Gasteiger partial charge on any atom is -0.493 e. The van der Waals surface area contributed by atoms with Gasteiger partial charge in [-0.3, -0.25) is 9.59 Å². The lowest BCUT2D eigenvalue weighted by molar-refractivity contribution is -0.119. The minimum atomic E-state index is -0.524. The van der Waals surface area contributed by atoms with E-state index in [9.17, 15) is 14.0 Å². The van der Waals surface area contributed by atoms with Crippen LogP contribution in [-0.2, 0) is 16.2 Å². The molecule has 2 aliphatic carbocycles. The number of ketones is 2. The zero-order valence-electron chi connectivity index (χ0n) is 24.8. The quantitative estimate of drug-likeness (QED) is 0.331. The Balaban J connectivity index is 1.65. The average Bonchev–Trinajstić information content (AvgIpc) is 2.87. The number of hydrogen-bond donors (Lipinski definition) is 0. The fourth-order valence-electron chi connectivity index (χ4n) is 6.70. The van der Waals surface area contributed by atoms with Gasteiger partial charge in [0.05, 0.1) is 12.1 Å². The molecule has 2 aromatic rings. The molecule has 41 heavy (non-hydrogen) atoms. The Morgan fingerprint density at radius 3 is 2.10 bits per heavy atom. The summed E-state index contributed by atoms with van der Waals surface area (Å²) in [7, 11) is 1.53. The van der Waals surface area contributed by atoms with Gasteiger partial charge in [-0.05, 0) is 65.5 Å². The molecule has 0 fully saturated rings. The van der Waals surface area contributed by atoms with Crippen molar-refractivity contribution in [1.82, 2.24) is 4.90 Å². The topological polar surface area (TPSA) is 55.8 Å². The van der Waals surface area contributed by atoms with Crippen molar-refractivity contribution in [2.24, 2.45) is 10.8 Å². The molecule has 0 amide bonds. The van der Waals surface area contributed by atoms with E-state index in [2.05, 4.69) is 39.5 Å². The summed E-state index contributed by atoms with van der Waals surface area (Å²) >= 11 is 6.83. The molecule has 3 aliphatic rings. The number of halogens is 2. The molecule has 0 unspecified atom stereocenters. The van der Waals surface area contributed by atoms with Crippen LogP contribution in [0.1, 0.15) is 83.8 Å². The summed E-state index contributed by atoms with van der Waals surface area (Å²) < 4.78 is 25.4. The molecule has 0 saturated carbocycles. The van der Waals surface area contributed by atoms with Gasteiger partial charge in [0, 0.05) is 47.8 Å². The SMILES string of the molecule is CCCN1C2=C(C(=O)CC(C)(C)C2)C(c2cc(Cl)c(OCc3cccc(F)c3)c(OC)c2)C2=C1CC(C)(C)CC2=O. The largest absolute Gasteiger partial charge is 0.493 e. The van der Waals surface area contributed by atoms with Crippen molar-refractivity contribution < 1.29 is 23.5 Å². The lowest BCUT2D eigenvalue weighted by Gasteiger charge is -2.49. The number of carbonyl (C=O) groups excluding carboxylic acids is 2. The normalized spacial score (nSPS) is 20.2. The molecule has 5 rings (SSSR count). The van der Waals surface area contributed by atoms with E-state index in [4.69, 9.17) is 21.1 Å². The van der Waals surface area contributed by atoms with Gasteiger partial charge in [0.15, 0.2) is 23.1 Å². The predicted molar refractivity (Wildman–Crippen MR) is 159 cm³/mol. The van der Waals surface area contributed by atoms with Crippen molar-refractivity contribution in [1.29, 1.82) is 0 Å². The number of ether oxygens (including phenoxy) is 2. The van der Waals surface area contributed by atoms with E-state index >= 15 is 0 Å². The number of nitrogens with zero attached hydrogens (tertiary/aromatic N) is 1. The lowest BCUT2D eigenvalue weighted by Crippen LogP contribution is -2.44. The first kappa shape index (κ1) is 29.4. The second-order valence-electron chi connectivity index (χ2n) is 13.1. The fourth-order valence-corrected chi connectivity index (χ4v) is 6.98. The second kappa shape index (κ2) is 10.9. The Labute approximate surface area is 247 Å². The van der Waals surface area contributed by atoms with Gasteiger partial charge < -0.3 is 14.4 Å². The average molecular weight is 580 g/mol. The van der Waals surface area contributed by atoms with Crippen LogP contribution < -0.4 is 9.47 Å². The standard InChI is InChI=1S/C34H39ClFNO4/c1-7-11-37-24-15-33(2,3)17-26(38)30(24)29(31-25(37)16-34(4,5)18-27(31)39)21-13-23(35)32(28(14-21)40-6)41-19-20-9-8-10-22(36)12-20/h8-10,12-14,29H,7,11,15-19H2,1-6H3. The first-order valence-corrected chi connectivity index (χ1v) is 14.8. The smallest absolute Gasteiger partial charge is 0.180 e. The molecule has 0 spiro atoms.